The van der Waals surface area contributed by atoms with Gasteiger partial charge < -0.3 is 20.6 Å². The van der Waals surface area contributed by atoms with Crippen LogP contribution in [0.15, 0.2) is 18.5 Å². The van der Waals surface area contributed by atoms with E-state index in [1.807, 2.05) is 17.3 Å². The van der Waals surface area contributed by atoms with Crippen molar-refractivity contribution in [2.45, 2.75) is 37.5 Å². The Kier molecular flexibility index (Phi) is 4.25. The minimum absolute atomic E-state index is 0.0949. The molecule has 11 heteroatoms. The van der Waals surface area contributed by atoms with Crippen molar-refractivity contribution in [1.82, 2.24) is 25.7 Å². The molecule has 4 N–H and O–H groups in total. The normalized spacial score (nSPS) is 22.0. The Morgan fingerprint density at radius 2 is 2.26 bits per heavy atom. The third kappa shape index (κ3) is 3.46. The van der Waals surface area contributed by atoms with E-state index < -0.39 is 18.8 Å². The van der Waals surface area contributed by atoms with Crippen molar-refractivity contribution in [2.24, 2.45) is 0 Å². The van der Waals surface area contributed by atoms with Gasteiger partial charge in [-0.2, -0.15) is 13.2 Å². The lowest BCUT2D eigenvalue weighted by Gasteiger charge is -2.26. The number of amides is 2. The number of pyridine rings is 1. The molecule has 1 aliphatic heterocycles. The first-order valence-corrected chi connectivity index (χ1v) is 8.67. The third-order valence-electron chi connectivity index (χ3n) is 4.97. The molecule has 0 spiro atoms. The first-order valence-electron chi connectivity index (χ1n) is 8.67. The molecule has 2 atom stereocenters. The highest BCUT2D eigenvalue weighted by Gasteiger charge is 2.36. The highest BCUT2D eigenvalue weighted by Crippen LogP contribution is 2.39. The van der Waals surface area contributed by atoms with Crippen LogP contribution in [0.1, 0.15) is 19.3 Å². The Bertz CT molecular complexity index is 852. The fourth-order valence-electron chi connectivity index (χ4n) is 3.74. The predicted molar refractivity (Wildman–Crippen MR) is 94.0 cm³/mol. The van der Waals surface area contributed by atoms with Crippen LogP contribution in [0.3, 0.4) is 0 Å². The number of nitrogens with zero attached hydrogens (tertiary/aromatic N) is 3. The maximum absolute atomic E-state index is 12.4. The zero-order valence-electron chi connectivity index (χ0n) is 14.6. The van der Waals surface area contributed by atoms with Crippen LogP contribution < -0.4 is 21.3 Å². The molecule has 1 saturated carbocycles. The summed E-state index contributed by atoms with van der Waals surface area (Å²) in [5, 5.41) is 5.69. The van der Waals surface area contributed by atoms with Crippen molar-refractivity contribution in [1.29, 1.82) is 0 Å². The fourth-order valence-corrected chi connectivity index (χ4v) is 3.74. The van der Waals surface area contributed by atoms with Gasteiger partial charge in [0.15, 0.2) is 0 Å². The third-order valence-corrected chi connectivity index (χ3v) is 4.97. The number of fused-ring (bicyclic) bond motifs is 3. The van der Waals surface area contributed by atoms with Crippen LogP contribution in [0.2, 0.25) is 0 Å². The van der Waals surface area contributed by atoms with Crippen LogP contribution >= 0.6 is 0 Å². The summed E-state index contributed by atoms with van der Waals surface area (Å²) >= 11 is 0. The summed E-state index contributed by atoms with van der Waals surface area (Å²) < 4.78 is 37.3. The number of nitrogens with one attached hydrogen (secondary N) is 4. The molecule has 2 aliphatic rings. The number of hydrogen-bond donors (Lipinski definition) is 4. The van der Waals surface area contributed by atoms with Gasteiger partial charge in [-0.25, -0.2) is 9.78 Å². The molecule has 4 rings (SSSR count). The molecule has 0 aromatic carbocycles. The zero-order chi connectivity index (χ0) is 19.2. The van der Waals surface area contributed by atoms with Crippen molar-refractivity contribution >= 4 is 28.4 Å². The number of halogens is 3. The summed E-state index contributed by atoms with van der Waals surface area (Å²) in [7, 11) is 1.15. The number of rotatable bonds is 3. The van der Waals surface area contributed by atoms with Gasteiger partial charge in [-0.1, -0.05) is 0 Å². The standard InChI is InChI=1S/C16H20F3N7O/c1-25(8-16(17,18)19)15(27)22-9-2-3-10(6-9)26-13-11-4-5-20-14(11)21-7-12(13)23-24-26/h4-5,7,9-10,23-24H,2-3,6,8H2,1H3,(H,20,21)(H,22,27). The maximum atomic E-state index is 12.4. The van der Waals surface area contributed by atoms with Gasteiger partial charge in [-0.05, 0) is 25.3 Å². The van der Waals surface area contributed by atoms with E-state index in [1.54, 1.807) is 6.20 Å². The quantitative estimate of drug-likeness (QED) is 0.654. The highest BCUT2D eigenvalue weighted by atomic mass is 19.4. The Morgan fingerprint density at radius 1 is 1.44 bits per heavy atom. The molecule has 2 aromatic heterocycles. The van der Waals surface area contributed by atoms with E-state index in [0.717, 1.165) is 35.9 Å². The number of urea groups is 1. The summed E-state index contributed by atoms with van der Waals surface area (Å²) in [5.74, 6) is 0. The van der Waals surface area contributed by atoms with Crippen molar-refractivity contribution in [2.75, 3.05) is 24.0 Å². The van der Waals surface area contributed by atoms with E-state index in [9.17, 15) is 18.0 Å². The Labute approximate surface area is 153 Å². The lowest BCUT2D eigenvalue weighted by molar-refractivity contribution is -0.137. The number of carbonyl (C=O) groups excluding carboxylic acids is 1. The minimum atomic E-state index is -4.41. The summed E-state index contributed by atoms with van der Waals surface area (Å²) in [6.07, 6.45) is 1.29. The van der Waals surface area contributed by atoms with Crippen molar-refractivity contribution in [3.63, 3.8) is 0 Å². The lowest BCUT2D eigenvalue weighted by atomic mass is 10.2. The second kappa shape index (κ2) is 6.48. The van der Waals surface area contributed by atoms with Gasteiger partial charge in [0.25, 0.3) is 0 Å². The van der Waals surface area contributed by atoms with Crippen LogP contribution in [0.5, 0.6) is 0 Å². The molecule has 0 saturated heterocycles. The van der Waals surface area contributed by atoms with Gasteiger partial charge in [0.1, 0.15) is 12.2 Å². The number of hydrogen-bond acceptors (Lipinski definition) is 5. The Hall–Kier alpha value is -2.69. The predicted octanol–water partition coefficient (Wildman–Crippen LogP) is 2.34. The smallest absolute Gasteiger partial charge is 0.346 e. The van der Waals surface area contributed by atoms with Gasteiger partial charge in [-0.3, -0.25) is 5.01 Å². The fraction of sp³-hybridized carbons (Fsp3) is 0.500. The molecular formula is C16H20F3N7O. The molecule has 0 bridgehead atoms. The van der Waals surface area contributed by atoms with Gasteiger partial charge >= 0.3 is 12.2 Å². The molecule has 0 radical (unpaired) electrons. The topological polar surface area (TPSA) is 88.3 Å². The van der Waals surface area contributed by atoms with Gasteiger partial charge in [0, 0.05) is 30.7 Å². The van der Waals surface area contributed by atoms with Crippen molar-refractivity contribution in [3.8, 4) is 0 Å². The average Bonchev–Trinajstić information content (AvgIpc) is 3.30. The molecule has 2 unspecified atom stereocenters. The van der Waals surface area contributed by atoms with Crippen LogP contribution in [0.4, 0.5) is 29.3 Å². The number of alkyl halides is 3. The van der Waals surface area contributed by atoms with Gasteiger partial charge in [-0.15, -0.1) is 5.53 Å². The molecular weight excluding hydrogens is 363 g/mol. The summed E-state index contributed by atoms with van der Waals surface area (Å²) in [5.41, 5.74) is 8.84. The van der Waals surface area contributed by atoms with Crippen molar-refractivity contribution in [3.05, 3.63) is 18.5 Å². The van der Waals surface area contributed by atoms with Crippen LogP contribution in [0, 0.1) is 0 Å². The van der Waals surface area contributed by atoms with E-state index in [1.165, 1.54) is 0 Å². The molecule has 2 amide bonds. The van der Waals surface area contributed by atoms with Crippen molar-refractivity contribution < 1.29 is 18.0 Å². The van der Waals surface area contributed by atoms with E-state index in [-0.39, 0.29) is 12.1 Å². The molecule has 2 aromatic rings. The Balaban J connectivity index is 1.41. The molecule has 146 valence electrons. The van der Waals surface area contributed by atoms with Crippen LogP contribution in [0.25, 0.3) is 11.0 Å². The number of anilines is 2. The maximum Gasteiger partial charge on any atom is 0.406 e. The first kappa shape index (κ1) is 17.7. The minimum Gasteiger partial charge on any atom is -0.346 e. The summed E-state index contributed by atoms with van der Waals surface area (Å²) in [6.45, 7) is -1.27. The average molecular weight is 383 g/mol. The monoisotopic (exact) mass is 383 g/mol. The largest absolute Gasteiger partial charge is 0.406 e. The summed E-state index contributed by atoms with van der Waals surface area (Å²) in [6, 6.07) is 1.16. The van der Waals surface area contributed by atoms with E-state index >= 15 is 0 Å². The van der Waals surface area contributed by atoms with E-state index in [2.05, 4.69) is 26.2 Å². The summed E-state index contributed by atoms with van der Waals surface area (Å²) in [4.78, 5) is 20.1. The number of H-pyrrole nitrogens is 1. The van der Waals surface area contributed by atoms with E-state index in [0.29, 0.717) is 17.7 Å². The molecule has 8 nitrogen and oxygen atoms in total. The lowest BCUT2D eigenvalue weighted by Crippen LogP contribution is -2.47. The number of carbonyl (C=O) groups is 1. The van der Waals surface area contributed by atoms with Gasteiger partial charge in [0.05, 0.1) is 17.6 Å². The SMILES string of the molecule is CN(CC(F)(F)F)C(=O)NC1CCC(N2NNc3cnc4[nH]ccc4c32)C1. The van der Waals surface area contributed by atoms with Crippen LogP contribution in [-0.2, 0) is 0 Å². The molecule has 1 aliphatic carbocycles. The number of hydrazine groups is 2. The molecule has 3 heterocycles. The zero-order valence-corrected chi connectivity index (χ0v) is 14.6. The van der Waals surface area contributed by atoms with Crippen LogP contribution in [-0.4, -0.2) is 52.8 Å². The first-order chi connectivity index (χ1) is 12.8. The number of aromatic amines is 1. The second-order valence-corrected chi connectivity index (χ2v) is 6.95. The van der Waals surface area contributed by atoms with E-state index in [4.69, 9.17) is 0 Å². The molecule has 1 fully saturated rings. The Morgan fingerprint density at radius 3 is 3.04 bits per heavy atom. The second-order valence-electron chi connectivity index (χ2n) is 6.95. The van der Waals surface area contributed by atoms with Gasteiger partial charge in [0.2, 0.25) is 0 Å². The number of aromatic nitrogens is 2. The molecule has 27 heavy (non-hydrogen) atoms. The highest BCUT2D eigenvalue weighted by molar-refractivity contribution is 5.98.